The van der Waals surface area contributed by atoms with Crippen LogP contribution >= 0.6 is 0 Å². The average Bonchev–Trinajstić information content (AvgIpc) is 2.63. The molecular formula is C18H16N2O5. The zero-order valence-corrected chi connectivity index (χ0v) is 13.5. The van der Waals surface area contributed by atoms with Gasteiger partial charge in [0.15, 0.2) is 11.7 Å². The number of esters is 1. The van der Waals surface area contributed by atoms with Crippen molar-refractivity contribution in [3.8, 4) is 0 Å². The summed E-state index contributed by atoms with van der Waals surface area (Å²) in [6, 6.07) is 14.0. The van der Waals surface area contributed by atoms with Gasteiger partial charge in [-0.1, -0.05) is 30.3 Å². The molecule has 7 nitrogen and oxygen atoms in total. The van der Waals surface area contributed by atoms with Crippen LogP contribution in [0.4, 0.5) is 11.4 Å². The molecule has 0 N–H and O–H groups in total. The predicted molar refractivity (Wildman–Crippen MR) is 92.1 cm³/mol. The molecule has 0 radical (unpaired) electrons. The second-order valence-corrected chi connectivity index (χ2v) is 5.02. The van der Waals surface area contributed by atoms with Crippen LogP contribution in [-0.4, -0.2) is 29.5 Å². The molecule has 0 saturated carbocycles. The summed E-state index contributed by atoms with van der Waals surface area (Å²) in [4.78, 5) is 39.2. The summed E-state index contributed by atoms with van der Waals surface area (Å²) in [5.41, 5.74) is 0.392. The lowest BCUT2D eigenvalue weighted by atomic mass is 9.98. The van der Waals surface area contributed by atoms with E-state index in [0.717, 1.165) is 6.07 Å². The summed E-state index contributed by atoms with van der Waals surface area (Å²) in [6.45, 7) is 1.73. The molecule has 0 fully saturated rings. The van der Waals surface area contributed by atoms with Crippen LogP contribution in [0.15, 0.2) is 59.6 Å². The predicted octanol–water partition coefficient (Wildman–Crippen LogP) is 3.36. The van der Waals surface area contributed by atoms with Gasteiger partial charge in [0, 0.05) is 23.9 Å². The summed E-state index contributed by atoms with van der Waals surface area (Å²) < 4.78 is 4.93. The molecule has 0 aliphatic carbocycles. The SMILES string of the molecule is CCOC(=O)C(C=Nc1ccccc1)C(=O)c1cccc([N+](=O)[O-])c1. The number of carbonyl (C=O) groups is 2. The fourth-order valence-electron chi connectivity index (χ4n) is 2.09. The van der Waals surface area contributed by atoms with Crippen LogP contribution in [0.5, 0.6) is 0 Å². The minimum atomic E-state index is -1.28. The number of Topliss-reactive ketones (excluding diaryl/α,β-unsaturated/α-hetero) is 1. The molecule has 7 heteroatoms. The average molecular weight is 340 g/mol. The Balaban J connectivity index is 2.33. The summed E-state index contributed by atoms with van der Waals surface area (Å²) in [5.74, 6) is -2.64. The second kappa shape index (κ2) is 8.49. The van der Waals surface area contributed by atoms with Crippen LogP contribution in [0.25, 0.3) is 0 Å². The highest BCUT2D eigenvalue weighted by atomic mass is 16.6. The van der Waals surface area contributed by atoms with E-state index in [1.54, 1.807) is 31.2 Å². The van der Waals surface area contributed by atoms with Crippen molar-refractivity contribution in [3.63, 3.8) is 0 Å². The molecule has 25 heavy (non-hydrogen) atoms. The van der Waals surface area contributed by atoms with Crippen molar-refractivity contribution in [1.29, 1.82) is 0 Å². The minimum Gasteiger partial charge on any atom is -0.465 e. The first kappa shape index (κ1) is 18.0. The number of hydrogen-bond donors (Lipinski definition) is 0. The van der Waals surface area contributed by atoms with Crippen LogP contribution in [0, 0.1) is 16.0 Å². The number of carbonyl (C=O) groups excluding carboxylic acids is 2. The molecule has 0 spiro atoms. The fourth-order valence-corrected chi connectivity index (χ4v) is 2.09. The first-order valence-corrected chi connectivity index (χ1v) is 7.57. The van der Waals surface area contributed by atoms with Gasteiger partial charge in [-0.3, -0.25) is 24.7 Å². The van der Waals surface area contributed by atoms with Gasteiger partial charge in [0.2, 0.25) is 0 Å². The van der Waals surface area contributed by atoms with Crippen LogP contribution in [-0.2, 0) is 9.53 Å². The van der Waals surface area contributed by atoms with Gasteiger partial charge in [0.1, 0.15) is 0 Å². The molecule has 0 aliphatic heterocycles. The Bertz CT molecular complexity index is 802. The largest absolute Gasteiger partial charge is 0.465 e. The maximum atomic E-state index is 12.6. The molecular weight excluding hydrogens is 324 g/mol. The first-order chi connectivity index (χ1) is 12.0. The van der Waals surface area contributed by atoms with Gasteiger partial charge in [0.25, 0.3) is 5.69 Å². The van der Waals surface area contributed by atoms with Crippen LogP contribution < -0.4 is 0 Å². The number of hydrogen-bond acceptors (Lipinski definition) is 6. The van der Waals surface area contributed by atoms with Crippen molar-refractivity contribution < 1.29 is 19.2 Å². The number of aliphatic imine (C=N–C) groups is 1. The standard InChI is InChI=1S/C18H16N2O5/c1-2-25-18(22)16(12-19-14-8-4-3-5-9-14)17(21)13-7-6-10-15(11-13)20(23)24/h3-12,16H,2H2,1H3. The first-order valence-electron chi connectivity index (χ1n) is 7.57. The Morgan fingerprint density at radius 3 is 2.56 bits per heavy atom. The van der Waals surface area contributed by atoms with E-state index in [9.17, 15) is 19.7 Å². The summed E-state index contributed by atoms with van der Waals surface area (Å²) in [7, 11) is 0. The maximum Gasteiger partial charge on any atom is 0.322 e. The van der Waals surface area contributed by atoms with Crippen molar-refractivity contribution in [1.82, 2.24) is 0 Å². The summed E-state index contributed by atoms with van der Waals surface area (Å²) in [6.07, 6.45) is 1.20. The Labute approximate surface area is 144 Å². The molecule has 128 valence electrons. The van der Waals surface area contributed by atoms with Gasteiger partial charge >= 0.3 is 5.97 Å². The quantitative estimate of drug-likeness (QED) is 0.192. The molecule has 2 aromatic rings. The number of benzene rings is 2. The van der Waals surface area contributed by atoms with Crippen molar-refractivity contribution in [2.45, 2.75) is 6.92 Å². The van der Waals surface area contributed by atoms with E-state index in [-0.39, 0.29) is 17.9 Å². The van der Waals surface area contributed by atoms with Gasteiger partial charge < -0.3 is 4.74 Å². The third-order valence-corrected chi connectivity index (χ3v) is 3.29. The number of nitrogens with zero attached hydrogens (tertiary/aromatic N) is 2. The molecule has 0 aliphatic rings. The molecule has 0 amide bonds. The van der Waals surface area contributed by atoms with E-state index in [4.69, 9.17) is 4.74 Å². The lowest BCUT2D eigenvalue weighted by molar-refractivity contribution is -0.384. The van der Waals surface area contributed by atoms with Crippen molar-refractivity contribution in [3.05, 3.63) is 70.3 Å². The highest BCUT2D eigenvalue weighted by Crippen LogP contribution is 2.18. The molecule has 0 bridgehead atoms. The maximum absolute atomic E-state index is 12.6. The zero-order valence-electron chi connectivity index (χ0n) is 13.5. The van der Waals surface area contributed by atoms with Crippen LogP contribution in [0.3, 0.4) is 0 Å². The lowest BCUT2D eigenvalue weighted by Crippen LogP contribution is -2.27. The molecule has 1 atom stereocenters. The van der Waals surface area contributed by atoms with Gasteiger partial charge in [-0.05, 0) is 19.1 Å². The molecule has 2 aromatic carbocycles. The Kier molecular flexibility index (Phi) is 6.11. The van der Waals surface area contributed by atoms with Crippen molar-refractivity contribution in [2.24, 2.45) is 10.9 Å². The molecule has 1 unspecified atom stereocenters. The number of rotatable bonds is 7. The molecule has 0 heterocycles. The van der Waals surface area contributed by atoms with Gasteiger partial charge in [-0.2, -0.15) is 0 Å². The third kappa shape index (κ3) is 4.81. The number of nitro benzene ring substituents is 1. The van der Waals surface area contributed by atoms with E-state index in [1.807, 2.05) is 6.07 Å². The van der Waals surface area contributed by atoms with Crippen molar-refractivity contribution >= 4 is 29.3 Å². The molecule has 2 rings (SSSR count). The second-order valence-electron chi connectivity index (χ2n) is 5.02. The topological polar surface area (TPSA) is 98.9 Å². The number of ether oxygens (including phenoxy) is 1. The minimum absolute atomic E-state index is 0.0479. The van der Waals surface area contributed by atoms with Gasteiger partial charge in [-0.25, -0.2) is 0 Å². The van der Waals surface area contributed by atoms with E-state index < -0.39 is 22.6 Å². The highest BCUT2D eigenvalue weighted by Gasteiger charge is 2.28. The Morgan fingerprint density at radius 2 is 1.92 bits per heavy atom. The Hall–Kier alpha value is -3.35. The number of para-hydroxylation sites is 1. The van der Waals surface area contributed by atoms with Crippen molar-refractivity contribution in [2.75, 3.05) is 6.61 Å². The third-order valence-electron chi connectivity index (χ3n) is 3.29. The highest BCUT2D eigenvalue weighted by molar-refractivity contribution is 6.18. The van der Waals surface area contributed by atoms with Gasteiger partial charge in [-0.15, -0.1) is 0 Å². The lowest BCUT2D eigenvalue weighted by Gasteiger charge is -2.10. The number of ketones is 1. The fraction of sp³-hybridized carbons (Fsp3) is 0.167. The van der Waals surface area contributed by atoms with Crippen LogP contribution in [0.2, 0.25) is 0 Å². The number of nitro groups is 1. The summed E-state index contributed by atoms with van der Waals surface area (Å²) >= 11 is 0. The monoisotopic (exact) mass is 340 g/mol. The van der Waals surface area contributed by atoms with E-state index in [1.165, 1.54) is 24.4 Å². The molecule has 0 aromatic heterocycles. The van der Waals surface area contributed by atoms with Gasteiger partial charge in [0.05, 0.1) is 17.2 Å². The van der Waals surface area contributed by atoms with E-state index >= 15 is 0 Å². The smallest absolute Gasteiger partial charge is 0.322 e. The molecule has 0 saturated heterocycles. The summed E-state index contributed by atoms with van der Waals surface area (Å²) in [5, 5.41) is 10.9. The Morgan fingerprint density at radius 1 is 1.20 bits per heavy atom. The zero-order chi connectivity index (χ0) is 18.2. The normalized spacial score (nSPS) is 11.9. The number of non-ortho nitro benzene ring substituents is 1. The van der Waals surface area contributed by atoms with E-state index in [2.05, 4.69) is 4.99 Å². The van der Waals surface area contributed by atoms with Crippen LogP contribution in [0.1, 0.15) is 17.3 Å². The van der Waals surface area contributed by atoms with E-state index in [0.29, 0.717) is 5.69 Å².